The number of rotatable bonds is 2. The number of piperidine rings is 1. The first-order valence-corrected chi connectivity index (χ1v) is 12.1. The lowest BCUT2D eigenvalue weighted by Gasteiger charge is -2.39. The molecule has 7 heteroatoms. The van der Waals surface area contributed by atoms with Crippen molar-refractivity contribution in [3.8, 4) is 0 Å². The lowest BCUT2D eigenvalue weighted by atomic mass is 9.83. The fourth-order valence-electron chi connectivity index (χ4n) is 4.42. The molecule has 4 heterocycles. The van der Waals surface area contributed by atoms with Crippen molar-refractivity contribution in [2.24, 2.45) is 5.92 Å². The number of carbonyl (C=O) groups is 1. The summed E-state index contributed by atoms with van der Waals surface area (Å²) in [7, 11) is 0. The van der Waals surface area contributed by atoms with Gasteiger partial charge in [-0.25, -0.2) is 9.37 Å². The van der Waals surface area contributed by atoms with E-state index in [1.807, 2.05) is 45.9 Å². The summed E-state index contributed by atoms with van der Waals surface area (Å²) in [6.45, 7) is 10.6. The van der Waals surface area contributed by atoms with Gasteiger partial charge < -0.3 is 15.5 Å². The predicted molar refractivity (Wildman–Crippen MR) is 129 cm³/mol. The molecule has 166 valence electrons. The van der Waals surface area contributed by atoms with E-state index in [4.69, 9.17) is 4.98 Å². The van der Waals surface area contributed by atoms with Crippen LogP contribution in [0.15, 0.2) is 24.3 Å². The van der Waals surface area contributed by atoms with E-state index in [0.717, 1.165) is 37.4 Å². The molecule has 2 N–H and O–H groups in total. The number of halogens is 1. The Labute approximate surface area is 187 Å². The molecule has 0 atom stereocenters. The Morgan fingerprint density at radius 3 is 2.52 bits per heavy atom. The summed E-state index contributed by atoms with van der Waals surface area (Å²) in [5.41, 5.74) is 0.750. The second-order valence-corrected chi connectivity index (χ2v) is 9.39. The highest BCUT2D eigenvalue weighted by Crippen LogP contribution is 2.41. The average Bonchev–Trinajstić information content (AvgIpc) is 3.07. The van der Waals surface area contributed by atoms with Gasteiger partial charge in [0, 0.05) is 41.7 Å². The van der Waals surface area contributed by atoms with Gasteiger partial charge in [0.2, 0.25) is 0 Å². The molecule has 5 nitrogen and oxygen atoms in total. The van der Waals surface area contributed by atoms with Crippen molar-refractivity contribution in [2.75, 3.05) is 36.4 Å². The van der Waals surface area contributed by atoms with Crippen LogP contribution < -0.4 is 15.5 Å². The van der Waals surface area contributed by atoms with Gasteiger partial charge in [0.05, 0.1) is 11.2 Å². The first kappa shape index (κ1) is 21.8. The molecule has 2 aromatic heterocycles. The Bertz CT molecular complexity index is 1100. The fourth-order valence-corrected chi connectivity index (χ4v) is 5.54. The van der Waals surface area contributed by atoms with Crippen molar-refractivity contribution in [3.63, 3.8) is 0 Å². The molecule has 0 aliphatic carbocycles. The fraction of sp³-hybridized carbons (Fsp3) is 0.500. The zero-order valence-electron chi connectivity index (χ0n) is 18.7. The van der Waals surface area contributed by atoms with E-state index in [1.54, 1.807) is 0 Å². The number of nitrogens with one attached hydrogen (secondary N) is 2. The number of nitrogens with zero attached hydrogens (tertiary/aromatic N) is 2. The number of thiophene rings is 1. The molecule has 0 saturated carbocycles. The van der Waals surface area contributed by atoms with Gasteiger partial charge in [0.1, 0.15) is 16.4 Å². The van der Waals surface area contributed by atoms with Crippen LogP contribution in [-0.2, 0) is 0 Å². The van der Waals surface area contributed by atoms with Crippen LogP contribution in [-0.4, -0.2) is 42.7 Å². The van der Waals surface area contributed by atoms with Crippen LogP contribution in [0.4, 0.5) is 15.9 Å². The number of alkyl halides is 1. The summed E-state index contributed by atoms with van der Waals surface area (Å²) in [5, 5.41) is 8.46. The second-order valence-electron chi connectivity index (χ2n) is 8.34. The number of amides is 1. The lowest BCUT2D eigenvalue weighted by molar-refractivity contribution is 0.0697. The van der Waals surface area contributed by atoms with E-state index in [0.29, 0.717) is 39.0 Å². The molecule has 0 radical (unpaired) electrons. The average molecular weight is 443 g/mol. The van der Waals surface area contributed by atoms with Crippen LogP contribution in [0.3, 0.4) is 0 Å². The Morgan fingerprint density at radius 2 is 1.81 bits per heavy atom. The molecule has 1 fully saturated rings. The van der Waals surface area contributed by atoms with E-state index in [1.165, 1.54) is 11.3 Å². The maximum absolute atomic E-state index is 14.9. The molecule has 2 aliphatic rings. The molecular weight excluding hydrogens is 411 g/mol. The molecule has 1 amide bonds. The Hall–Kier alpha value is -2.41. The molecule has 0 bridgehead atoms. The van der Waals surface area contributed by atoms with Gasteiger partial charge in [0.25, 0.3) is 5.91 Å². The third kappa shape index (κ3) is 3.84. The van der Waals surface area contributed by atoms with Gasteiger partial charge in [-0.2, -0.15) is 0 Å². The van der Waals surface area contributed by atoms with Crippen molar-refractivity contribution in [1.29, 1.82) is 0 Å². The van der Waals surface area contributed by atoms with Crippen LogP contribution in [0.25, 0.3) is 21.0 Å². The van der Waals surface area contributed by atoms with Crippen molar-refractivity contribution in [1.82, 2.24) is 10.3 Å². The molecule has 5 rings (SSSR count). The summed E-state index contributed by atoms with van der Waals surface area (Å²) in [6, 6.07) is 8.19. The number of fused-ring (bicyclic) bond motifs is 5. The van der Waals surface area contributed by atoms with E-state index in [2.05, 4.69) is 21.6 Å². The molecule has 31 heavy (non-hydrogen) atoms. The third-order valence-electron chi connectivity index (χ3n) is 6.38. The number of hydrogen-bond acceptors (Lipinski definition) is 5. The highest BCUT2D eigenvalue weighted by atomic mass is 32.1. The highest BCUT2D eigenvalue weighted by molar-refractivity contribution is 7.21. The molecule has 0 unspecified atom stereocenters. The lowest BCUT2D eigenvalue weighted by Crippen LogP contribution is -2.44. The molecule has 3 aromatic rings. The monoisotopic (exact) mass is 442 g/mol. The Morgan fingerprint density at radius 1 is 1.10 bits per heavy atom. The summed E-state index contributed by atoms with van der Waals surface area (Å²) in [4.78, 5) is 20.2. The van der Waals surface area contributed by atoms with Crippen LogP contribution in [0.1, 0.15) is 50.2 Å². The van der Waals surface area contributed by atoms with E-state index in [-0.39, 0.29) is 11.8 Å². The maximum atomic E-state index is 14.9. The van der Waals surface area contributed by atoms with E-state index < -0.39 is 5.67 Å². The molecular formula is C24H31FN4OS. The van der Waals surface area contributed by atoms with Crippen molar-refractivity contribution >= 4 is 49.7 Å². The smallest absolute Gasteiger partial charge is 0.263 e. The van der Waals surface area contributed by atoms with Gasteiger partial charge in [-0.05, 0) is 43.0 Å². The third-order valence-corrected chi connectivity index (χ3v) is 7.53. The summed E-state index contributed by atoms with van der Waals surface area (Å²) >= 11 is 1.52. The van der Waals surface area contributed by atoms with Gasteiger partial charge in [-0.1, -0.05) is 27.7 Å². The zero-order valence-corrected chi connectivity index (χ0v) is 19.5. The number of aromatic nitrogens is 1. The van der Waals surface area contributed by atoms with Crippen LogP contribution in [0, 0.1) is 5.92 Å². The summed E-state index contributed by atoms with van der Waals surface area (Å²) in [6.07, 6.45) is 1.08. The summed E-state index contributed by atoms with van der Waals surface area (Å²) < 4.78 is 16.0. The quantitative estimate of drug-likeness (QED) is 0.543. The van der Waals surface area contributed by atoms with Gasteiger partial charge >= 0.3 is 0 Å². The SMILES string of the molecule is CC.CC(C)C1(F)CCN(c2ccc3c(ccc4sc5c(c43)NCCNC5=O)n2)CC1. The number of benzene rings is 1. The van der Waals surface area contributed by atoms with Gasteiger partial charge in [0.15, 0.2) is 0 Å². The normalized spacial score (nSPS) is 18.1. The minimum atomic E-state index is -1.07. The van der Waals surface area contributed by atoms with Crippen LogP contribution >= 0.6 is 11.3 Å². The zero-order chi connectivity index (χ0) is 22.2. The van der Waals surface area contributed by atoms with Crippen molar-refractivity contribution in [3.05, 3.63) is 29.1 Å². The van der Waals surface area contributed by atoms with E-state index in [9.17, 15) is 9.18 Å². The van der Waals surface area contributed by atoms with Gasteiger partial charge in [-0.3, -0.25) is 4.79 Å². The first-order chi connectivity index (χ1) is 15.0. The standard InChI is InChI=1S/C22H25FN4OS.C2H6/c1-13(2)22(23)7-11-27(12-8-22)17-6-3-14-15(26-17)4-5-16-18(14)19-20(29-16)21(28)25-10-9-24-19;1-2/h3-6,13,24H,7-12H2,1-2H3,(H,25,28);1-2H3. The summed E-state index contributed by atoms with van der Waals surface area (Å²) in [5.74, 6) is 0.924. The minimum absolute atomic E-state index is 0.0166. The minimum Gasteiger partial charge on any atom is -0.381 e. The van der Waals surface area contributed by atoms with Crippen molar-refractivity contribution in [2.45, 2.75) is 46.2 Å². The van der Waals surface area contributed by atoms with E-state index >= 15 is 0 Å². The second kappa shape index (κ2) is 8.61. The highest BCUT2D eigenvalue weighted by Gasteiger charge is 2.37. The number of anilines is 2. The first-order valence-electron chi connectivity index (χ1n) is 11.3. The molecule has 1 aromatic carbocycles. The molecule has 2 aliphatic heterocycles. The van der Waals surface area contributed by atoms with Crippen LogP contribution in [0.2, 0.25) is 0 Å². The number of pyridine rings is 1. The van der Waals surface area contributed by atoms with Crippen molar-refractivity contribution < 1.29 is 9.18 Å². The molecule has 1 saturated heterocycles. The predicted octanol–water partition coefficient (Wildman–Crippen LogP) is 5.60. The maximum Gasteiger partial charge on any atom is 0.263 e. The topological polar surface area (TPSA) is 57.3 Å². The van der Waals surface area contributed by atoms with Gasteiger partial charge in [-0.15, -0.1) is 11.3 Å². The largest absolute Gasteiger partial charge is 0.381 e. The number of carbonyl (C=O) groups excluding carboxylic acids is 1. The Balaban J connectivity index is 0.00000112. The molecule has 0 spiro atoms. The van der Waals surface area contributed by atoms with Crippen LogP contribution in [0.5, 0.6) is 0 Å². The number of hydrogen-bond donors (Lipinski definition) is 2. The Kier molecular flexibility index (Phi) is 6.06.